The first-order valence-corrected chi connectivity index (χ1v) is 8.33. The van der Waals surface area contributed by atoms with Crippen molar-refractivity contribution in [1.82, 2.24) is 5.43 Å². The molecule has 0 fully saturated rings. The van der Waals surface area contributed by atoms with Crippen molar-refractivity contribution >= 4 is 11.3 Å². The molecule has 1 aromatic carbocycles. The average Bonchev–Trinajstić information content (AvgIpc) is 3.12. The predicted octanol–water partition coefficient (Wildman–Crippen LogP) is 3.55. The molecule has 1 aromatic heterocycles. The van der Waals surface area contributed by atoms with Crippen molar-refractivity contribution in [2.45, 2.75) is 45.1 Å². The highest BCUT2D eigenvalue weighted by Crippen LogP contribution is 2.29. The number of hydrazine groups is 1. The molecule has 0 bridgehead atoms. The molecule has 0 aliphatic heterocycles. The molecule has 1 aliphatic carbocycles. The lowest BCUT2D eigenvalue weighted by atomic mass is 9.99. The molecule has 1 unspecified atom stereocenters. The van der Waals surface area contributed by atoms with Crippen molar-refractivity contribution in [3.63, 3.8) is 0 Å². The second-order valence-electron chi connectivity index (χ2n) is 5.54. The summed E-state index contributed by atoms with van der Waals surface area (Å²) in [6, 6.07) is 9.40. The molecule has 20 heavy (non-hydrogen) atoms. The largest absolute Gasteiger partial charge is 0.271 e. The van der Waals surface area contributed by atoms with Gasteiger partial charge >= 0.3 is 0 Å². The Morgan fingerprint density at radius 1 is 1.25 bits per heavy atom. The monoisotopic (exact) mass is 286 g/mol. The Balaban J connectivity index is 1.81. The number of hydrogen-bond acceptors (Lipinski definition) is 3. The molecular weight excluding hydrogens is 264 g/mol. The van der Waals surface area contributed by atoms with Crippen LogP contribution >= 0.6 is 11.3 Å². The fourth-order valence-corrected chi connectivity index (χ4v) is 4.22. The van der Waals surface area contributed by atoms with Crippen molar-refractivity contribution < 1.29 is 0 Å². The third-order valence-electron chi connectivity index (χ3n) is 4.28. The van der Waals surface area contributed by atoms with Gasteiger partial charge in [0.25, 0.3) is 0 Å². The molecule has 106 valence electrons. The number of nitrogens with two attached hydrogens (primary N) is 1. The van der Waals surface area contributed by atoms with Gasteiger partial charge < -0.3 is 0 Å². The van der Waals surface area contributed by atoms with Crippen LogP contribution in [-0.2, 0) is 25.7 Å². The molecule has 0 saturated carbocycles. The van der Waals surface area contributed by atoms with Gasteiger partial charge in [-0.15, -0.1) is 11.3 Å². The van der Waals surface area contributed by atoms with Crippen LogP contribution in [-0.4, -0.2) is 0 Å². The lowest BCUT2D eigenvalue weighted by molar-refractivity contribution is 0.557. The maximum absolute atomic E-state index is 5.80. The van der Waals surface area contributed by atoms with E-state index in [2.05, 4.69) is 42.0 Å². The molecule has 2 aromatic rings. The van der Waals surface area contributed by atoms with Crippen LogP contribution in [0.3, 0.4) is 0 Å². The smallest absolute Gasteiger partial charge is 0.0596 e. The normalized spacial score (nSPS) is 15.3. The van der Waals surface area contributed by atoms with Crippen LogP contribution in [0.4, 0.5) is 0 Å². The molecule has 0 amide bonds. The summed E-state index contributed by atoms with van der Waals surface area (Å²) in [6.07, 6.45) is 5.84. The number of benzene rings is 1. The van der Waals surface area contributed by atoms with E-state index in [0.717, 1.165) is 12.8 Å². The van der Waals surface area contributed by atoms with E-state index < -0.39 is 0 Å². The number of nitrogens with one attached hydrogen (secondary N) is 1. The van der Waals surface area contributed by atoms with Gasteiger partial charge in [-0.2, -0.15) is 0 Å². The zero-order valence-electron chi connectivity index (χ0n) is 12.0. The predicted molar refractivity (Wildman–Crippen MR) is 85.9 cm³/mol. The van der Waals surface area contributed by atoms with Crippen molar-refractivity contribution in [3.8, 4) is 0 Å². The highest BCUT2D eigenvalue weighted by Gasteiger charge is 2.17. The maximum atomic E-state index is 5.80. The molecule has 3 rings (SSSR count). The van der Waals surface area contributed by atoms with Crippen LogP contribution in [0.1, 0.15) is 46.5 Å². The summed E-state index contributed by atoms with van der Waals surface area (Å²) in [5.41, 5.74) is 8.89. The highest BCUT2D eigenvalue weighted by molar-refractivity contribution is 7.10. The van der Waals surface area contributed by atoms with Crippen LogP contribution in [0.5, 0.6) is 0 Å². The van der Waals surface area contributed by atoms with E-state index in [1.165, 1.54) is 40.8 Å². The number of aryl methyl sites for hydroxylation is 3. The Kier molecular flexibility index (Phi) is 4.20. The van der Waals surface area contributed by atoms with Crippen molar-refractivity contribution in [2.24, 2.45) is 5.84 Å². The third-order valence-corrected chi connectivity index (χ3v) is 5.35. The van der Waals surface area contributed by atoms with Gasteiger partial charge in [0, 0.05) is 4.88 Å². The average molecular weight is 286 g/mol. The lowest BCUT2D eigenvalue weighted by Crippen LogP contribution is -2.29. The summed E-state index contributed by atoms with van der Waals surface area (Å²) >= 11 is 1.81. The van der Waals surface area contributed by atoms with Crippen molar-refractivity contribution in [3.05, 3.63) is 56.8 Å². The molecule has 0 radical (unpaired) electrons. The molecule has 3 heteroatoms. The van der Waals surface area contributed by atoms with E-state index in [1.54, 1.807) is 5.56 Å². The molecule has 0 saturated heterocycles. The maximum Gasteiger partial charge on any atom is 0.0596 e. The van der Waals surface area contributed by atoms with Crippen LogP contribution in [0, 0.1) is 0 Å². The highest BCUT2D eigenvalue weighted by atomic mass is 32.1. The van der Waals surface area contributed by atoms with E-state index in [4.69, 9.17) is 5.84 Å². The van der Waals surface area contributed by atoms with Crippen LogP contribution < -0.4 is 11.3 Å². The Bertz CT molecular complexity index is 588. The Hall–Kier alpha value is -1.16. The molecular formula is C17H22N2S. The molecule has 1 heterocycles. The molecule has 2 nitrogen and oxygen atoms in total. The minimum Gasteiger partial charge on any atom is -0.271 e. The van der Waals surface area contributed by atoms with Crippen molar-refractivity contribution in [2.75, 3.05) is 0 Å². The summed E-state index contributed by atoms with van der Waals surface area (Å²) in [7, 11) is 0. The SMILES string of the molecule is CCc1ccsc1C(Cc1ccc2c(c1)CCC2)NN. The number of hydrogen-bond donors (Lipinski definition) is 2. The summed E-state index contributed by atoms with van der Waals surface area (Å²) < 4.78 is 0. The Morgan fingerprint density at radius 3 is 2.90 bits per heavy atom. The van der Waals surface area contributed by atoms with Crippen molar-refractivity contribution in [1.29, 1.82) is 0 Å². The number of rotatable bonds is 5. The first-order valence-electron chi connectivity index (χ1n) is 7.45. The van der Waals surface area contributed by atoms with Gasteiger partial charge in [-0.25, -0.2) is 0 Å². The quantitative estimate of drug-likeness (QED) is 0.651. The van der Waals surface area contributed by atoms with Gasteiger partial charge in [-0.1, -0.05) is 25.1 Å². The summed E-state index contributed by atoms with van der Waals surface area (Å²) in [4.78, 5) is 1.38. The first-order chi connectivity index (χ1) is 9.81. The van der Waals surface area contributed by atoms with Crippen LogP contribution in [0.2, 0.25) is 0 Å². The number of thiophene rings is 1. The van der Waals surface area contributed by atoms with E-state index in [0.29, 0.717) is 0 Å². The zero-order chi connectivity index (χ0) is 13.9. The second kappa shape index (κ2) is 6.08. The fourth-order valence-electron chi connectivity index (χ4n) is 3.16. The van der Waals surface area contributed by atoms with E-state index in [-0.39, 0.29) is 6.04 Å². The Morgan fingerprint density at radius 2 is 2.10 bits per heavy atom. The molecule has 1 atom stereocenters. The fraction of sp³-hybridized carbons (Fsp3) is 0.412. The third kappa shape index (κ3) is 2.66. The van der Waals surface area contributed by atoms with Gasteiger partial charge in [0.2, 0.25) is 0 Å². The summed E-state index contributed by atoms with van der Waals surface area (Å²) in [6.45, 7) is 2.20. The minimum absolute atomic E-state index is 0.226. The lowest BCUT2D eigenvalue weighted by Gasteiger charge is -2.17. The van der Waals surface area contributed by atoms with E-state index >= 15 is 0 Å². The molecule has 0 spiro atoms. The summed E-state index contributed by atoms with van der Waals surface area (Å²) in [5.74, 6) is 5.80. The summed E-state index contributed by atoms with van der Waals surface area (Å²) in [5, 5.41) is 2.17. The second-order valence-corrected chi connectivity index (χ2v) is 6.49. The van der Waals surface area contributed by atoms with Gasteiger partial charge in [0.05, 0.1) is 6.04 Å². The molecule has 1 aliphatic rings. The van der Waals surface area contributed by atoms with Gasteiger partial charge in [0.1, 0.15) is 0 Å². The first kappa shape index (κ1) is 13.8. The van der Waals surface area contributed by atoms with Crippen LogP contribution in [0.25, 0.3) is 0 Å². The van der Waals surface area contributed by atoms with Crippen LogP contribution in [0.15, 0.2) is 29.6 Å². The van der Waals surface area contributed by atoms with Gasteiger partial charge in [-0.05, 0) is 65.8 Å². The van der Waals surface area contributed by atoms with Gasteiger partial charge in [-0.3, -0.25) is 11.3 Å². The minimum atomic E-state index is 0.226. The zero-order valence-corrected chi connectivity index (χ0v) is 12.8. The number of fused-ring (bicyclic) bond motifs is 1. The van der Waals surface area contributed by atoms with Gasteiger partial charge in [0.15, 0.2) is 0 Å². The molecule has 3 N–H and O–H groups in total. The standard InChI is InChI=1S/C17H22N2S/c1-2-13-8-9-20-17(13)16(19-18)11-12-6-7-14-4-3-5-15(14)10-12/h6-10,16,19H,2-5,11,18H2,1H3. The Labute approximate surface area is 125 Å². The van der Waals surface area contributed by atoms with E-state index in [1.807, 2.05) is 11.3 Å². The van der Waals surface area contributed by atoms with E-state index in [9.17, 15) is 0 Å². The topological polar surface area (TPSA) is 38.0 Å².